The molecule has 1 nitrogen and oxygen atoms in total. The van der Waals surface area contributed by atoms with Gasteiger partial charge in [0.25, 0.3) is 0 Å². The molecule has 0 radical (unpaired) electrons. The Morgan fingerprint density at radius 3 is 2.15 bits per heavy atom. The van der Waals surface area contributed by atoms with Crippen LogP contribution in [0.4, 0.5) is 0 Å². The lowest BCUT2D eigenvalue weighted by Gasteiger charge is -2.16. The molecule has 1 aromatic carbocycles. The summed E-state index contributed by atoms with van der Waals surface area (Å²) in [6.07, 6.45) is 0. The lowest BCUT2D eigenvalue weighted by Crippen LogP contribution is -2.24. The summed E-state index contributed by atoms with van der Waals surface area (Å²) in [6, 6.07) is 7.79. The Labute approximate surface area is 85.8 Å². The average Bonchev–Trinajstić information content (AvgIpc) is 2.02. The predicted molar refractivity (Wildman–Crippen MR) is 59.6 cm³/mol. The molecule has 0 heterocycles. The third kappa shape index (κ3) is 4.46. The van der Waals surface area contributed by atoms with Crippen LogP contribution in [-0.4, -0.2) is 8.32 Å². The molecular weight excluding hydrogens is 200 g/mol. The van der Waals surface area contributed by atoms with E-state index in [1.807, 2.05) is 24.3 Å². The minimum Gasteiger partial charge on any atom is -0.413 e. The smallest absolute Gasteiger partial charge is 0.184 e. The Morgan fingerprint density at radius 1 is 1.15 bits per heavy atom. The predicted octanol–water partition coefficient (Wildman–Crippen LogP) is 3.69. The standard InChI is InChI=1S/C10H15ClOSi/c1-13(2,3)12-8-9-4-6-10(11)7-5-9/h4-7H,8H2,1-3H3. The summed E-state index contributed by atoms with van der Waals surface area (Å²) < 4.78 is 5.75. The number of halogens is 1. The molecule has 1 aromatic rings. The molecule has 0 aliphatic heterocycles. The van der Waals surface area contributed by atoms with Crippen molar-refractivity contribution >= 4 is 19.9 Å². The van der Waals surface area contributed by atoms with Crippen molar-refractivity contribution in [1.29, 1.82) is 0 Å². The van der Waals surface area contributed by atoms with Crippen molar-refractivity contribution in [1.82, 2.24) is 0 Å². The zero-order valence-corrected chi connectivity index (χ0v) is 10.1. The topological polar surface area (TPSA) is 9.23 Å². The van der Waals surface area contributed by atoms with Gasteiger partial charge in [0.2, 0.25) is 0 Å². The SMILES string of the molecule is C[Si](C)(C)OCc1ccc(Cl)cc1. The zero-order chi connectivity index (χ0) is 9.90. The van der Waals surface area contributed by atoms with Crippen LogP contribution in [0, 0.1) is 0 Å². The van der Waals surface area contributed by atoms with Gasteiger partial charge in [0.1, 0.15) is 0 Å². The largest absolute Gasteiger partial charge is 0.413 e. The normalized spacial score (nSPS) is 11.7. The number of benzene rings is 1. The number of hydrogen-bond donors (Lipinski definition) is 0. The van der Waals surface area contributed by atoms with Crippen molar-refractivity contribution in [3.63, 3.8) is 0 Å². The van der Waals surface area contributed by atoms with Gasteiger partial charge >= 0.3 is 0 Å². The summed E-state index contributed by atoms with van der Waals surface area (Å²) in [5, 5.41) is 0.775. The van der Waals surface area contributed by atoms with E-state index < -0.39 is 8.32 Å². The van der Waals surface area contributed by atoms with E-state index >= 15 is 0 Å². The molecule has 1 rings (SSSR count). The van der Waals surface area contributed by atoms with Gasteiger partial charge < -0.3 is 4.43 Å². The van der Waals surface area contributed by atoms with E-state index in [1.54, 1.807) is 0 Å². The van der Waals surface area contributed by atoms with Gasteiger partial charge in [0, 0.05) is 5.02 Å². The van der Waals surface area contributed by atoms with Crippen molar-refractivity contribution in [3.05, 3.63) is 34.9 Å². The van der Waals surface area contributed by atoms with E-state index in [0.29, 0.717) is 6.61 Å². The van der Waals surface area contributed by atoms with Crippen LogP contribution in [0.1, 0.15) is 5.56 Å². The summed E-state index contributed by atoms with van der Waals surface area (Å²) in [5.41, 5.74) is 1.19. The second-order valence-electron chi connectivity index (χ2n) is 4.03. The van der Waals surface area contributed by atoms with Crippen LogP contribution in [0.5, 0.6) is 0 Å². The fourth-order valence-electron chi connectivity index (χ4n) is 0.880. The molecule has 0 saturated carbocycles. The first kappa shape index (κ1) is 10.8. The molecule has 0 aliphatic carbocycles. The van der Waals surface area contributed by atoms with Gasteiger partial charge in [-0.2, -0.15) is 0 Å². The van der Waals surface area contributed by atoms with Crippen molar-refractivity contribution in [3.8, 4) is 0 Å². The van der Waals surface area contributed by atoms with Crippen LogP contribution >= 0.6 is 11.6 Å². The van der Waals surface area contributed by atoms with Gasteiger partial charge in [-0.3, -0.25) is 0 Å². The van der Waals surface area contributed by atoms with Crippen LogP contribution in [-0.2, 0) is 11.0 Å². The lowest BCUT2D eigenvalue weighted by molar-refractivity contribution is 0.299. The molecule has 13 heavy (non-hydrogen) atoms. The Bertz CT molecular complexity index is 263. The van der Waals surface area contributed by atoms with Crippen LogP contribution in [0.3, 0.4) is 0 Å². The van der Waals surface area contributed by atoms with E-state index in [4.69, 9.17) is 16.0 Å². The summed E-state index contributed by atoms with van der Waals surface area (Å²) in [6.45, 7) is 7.25. The first-order chi connectivity index (χ1) is 5.97. The highest BCUT2D eigenvalue weighted by Crippen LogP contribution is 2.12. The van der Waals surface area contributed by atoms with Crippen molar-refractivity contribution in [2.45, 2.75) is 26.2 Å². The molecule has 0 amide bonds. The fraction of sp³-hybridized carbons (Fsp3) is 0.400. The first-order valence-corrected chi connectivity index (χ1v) is 8.14. The third-order valence-electron chi connectivity index (χ3n) is 1.59. The number of hydrogen-bond acceptors (Lipinski definition) is 1. The van der Waals surface area contributed by atoms with Gasteiger partial charge in [-0.1, -0.05) is 23.7 Å². The van der Waals surface area contributed by atoms with Crippen LogP contribution in [0.2, 0.25) is 24.7 Å². The molecule has 0 aliphatic rings. The maximum absolute atomic E-state index is 5.77. The first-order valence-electron chi connectivity index (χ1n) is 4.36. The molecule has 3 heteroatoms. The van der Waals surface area contributed by atoms with Crippen LogP contribution < -0.4 is 0 Å². The van der Waals surface area contributed by atoms with Gasteiger partial charge in [-0.25, -0.2) is 0 Å². The molecule has 0 aromatic heterocycles. The molecule has 0 unspecified atom stereocenters. The monoisotopic (exact) mass is 214 g/mol. The van der Waals surface area contributed by atoms with E-state index in [-0.39, 0.29) is 0 Å². The van der Waals surface area contributed by atoms with E-state index in [0.717, 1.165) is 5.02 Å². The summed E-state index contributed by atoms with van der Waals surface area (Å²) in [5.74, 6) is 0. The second-order valence-corrected chi connectivity index (χ2v) is 8.98. The molecule has 0 saturated heterocycles. The van der Waals surface area contributed by atoms with Crippen LogP contribution in [0.25, 0.3) is 0 Å². The summed E-state index contributed by atoms with van der Waals surface area (Å²) in [4.78, 5) is 0. The molecule has 0 bridgehead atoms. The van der Waals surface area contributed by atoms with E-state index in [1.165, 1.54) is 5.56 Å². The molecular formula is C10H15ClOSi. The minimum atomic E-state index is -1.39. The Balaban J connectivity index is 2.51. The van der Waals surface area contributed by atoms with Gasteiger partial charge in [-0.15, -0.1) is 0 Å². The lowest BCUT2D eigenvalue weighted by atomic mass is 10.2. The second kappa shape index (κ2) is 4.27. The molecule has 0 fully saturated rings. The fourth-order valence-corrected chi connectivity index (χ4v) is 1.61. The highest BCUT2D eigenvalue weighted by Gasteiger charge is 2.13. The zero-order valence-electron chi connectivity index (χ0n) is 8.30. The third-order valence-corrected chi connectivity index (χ3v) is 2.85. The van der Waals surface area contributed by atoms with Gasteiger partial charge in [0.05, 0.1) is 6.61 Å². The van der Waals surface area contributed by atoms with E-state index in [2.05, 4.69) is 19.6 Å². The minimum absolute atomic E-state index is 0.701. The Morgan fingerprint density at radius 2 is 1.69 bits per heavy atom. The summed E-state index contributed by atoms with van der Waals surface area (Å²) in [7, 11) is -1.39. The van der Waals surface area contributed by atoms with Crippen LogP contribution in [0.15, 0.2) is 24.3 Å². The maximum Gasteiger partial charge on any atom is 0.184 e. The average molecular weight is 215 g/mol. The van der Waals surface area contributed by atoms with E-state index in [9.17, 15) is 0 Å². The highest BCUT2D eigenvalue weighted by molar-refractivity contribution is 6.69. The number of rotatable bonds is 3. The molecule has 72 valence electrons. The van der Waals surface area contributed by atoms with Crippen molar-refractivity contribution in [2.75, 3.05) is 0 Å². The maximum atomic E-state index is 5.77. The Hall–Kier alpha value is -0.313. The molecule has 0 atom stereocenters. The van der Waals surface area contributed by atoms with Gasteiger partial charge in [0.15, 0.2) is 8.32 Å². The summed E-state index contributed by atoms with van der Waals surface area (Å²) >= 11 is 5.77. The molecule has 0 spiro atoms. The van der Waals surface area contributed by atoms with Crippen molar-refractivity contribution in [2.24, 2.45) is 0 Å². The van der Waals surface area contributed by atoms with Gasteiger partial charge in [-0.05, 0) is 37.3 Å². The highest BCUT2D eigenvalue weighted by atomic mass is 35.5. The Kier molecular flexibility index (Phi) is 3.53. The quantitative estimate of drug-likeness (QED) is 0.698. The van der Waals surface area contributed by atoms with Crippen molar-refractivity contribution < 1.29 is 4.43 Å². The molecule has 0 N–H and O–H groups in total.